The molecule has 0 spiro atoms. The number of carbonyl (C=O) groups is 1. The van der Waals surface area contributed by atoms with Gasteiger partial charge in [-0.3, -0.25) is 0 Å². The highest BCUT2D eigenvalue weighted by atomic mass is 35.5. The van der Waals surface area contributed by atoms with E-state index in [1.165, 1.54) is 11.8 Å². The Balaban J connectivity index is 2.36. The summed E-state index contributed by atoms with van der Waals surface area (Å²) in [5.41, 5.74) is 1.16. The lowest BCUT2D eigenvalue weighted by Gasteiger charge is -2.10. The summed E-state index contributed by atoms with van der Waals surface area (Å²) in [5.74, 6) is -0.159. The number of halogens is 1. The van der Waals surface area contributed by atoms with E-state index in [0.717, 1.165) is 21.1 Å². The molecule has 1 N–H and O–H groups in total. The van der Waals surface area contributed by atoms with Crippen molar-refractivity contribution >= 4 is 29.3 Å². The van der Waals surface area contributed by atoms with E-state index in [9.17, 15) is 4.79 Å². The lowest BCUT2D eigenvalue weighted by Crippen LogP contribution is -2.01. The predicted molar refractivity (Wildman–Crippen MR) is 84.9 cm³/mol. The second-order valence-electron chi connectivity index (χ2n) is 4.37. The van der Waals surface area contributed by atoms with Crippen LogP contribution in [0, 0.1) is 0 Å². The Morgan fingerprint density at radius 3 is 2.67 bits per heavy atom. The fraction of sp³-hybridized carbons (Fsp3) is 0.188. The largest absolute Gasteiger partial charge is 0.496 e. The van der Waals surface area contributed by atoms with Crippen molar-refractivity contribution in [1.29, 1.82) is 0 Å². The molecule has 2 aromatic carbocycles. The van der Waals surface area contributed by atoms with Crippen LogP contribution >= 0.6 is 23.4 Å². The van der Waals surface area contributed by atoms with E-state index >= 15 is 0 Å². The van der Waals surface area contributed by atoms with Crippen molar-refractivity contribution in [2.75, 3.05) is 7.11 Å². The quantitative estimate of drug-likeness (QED) is 0.862. The summed E-state index contributed by atoms with van der Waals surface area (Å²) in [6.45, 7) is 1.94. The third-order valence-corrected chi connectivity index (χ3v) is 4.31. The fourth-order valence-electron chi connectivity index (χ4n) is 1.99. The monoisotopic (exact) mass is 322 g/mol. The molecule has 0 saturated carbocycles. The van der Waals surface area contributed by atoms with Crippen molar-refractivity contribution in [3.05, 3.63) is 52.5 Å². The van der Waals surface area contributed by atoms with Crippen molar-refractivity contribution < 1.29 is 14.6 Å². The molecule has 0 aliphatic rings. The molecular weight excluding hydrogens is 308 g/mol. The third-order valence-electron chi connectivity index (χ3n) is 3.04. The minimum Gasteiger partial charge on any atom is -0.496 e. The number of hydrogen-bond donors (Lipinski definition) is 1. The molecule has 0 aromatic heterocycles. The predicted octanol–water partition coefficient (Wildman–Crippen LogP) is 4.76. The Labute approximate surface area is 132 Å². The molecule has 0 fully saturated rings. The molecule has 21 heavy (non-hydrogen) atoms. The molecule has 3 nitrogen and oxygen atoms in total. The number of benzene rings is 2. The van der Waals surface area contributed by atoms with Crippen LogP contribution < -0.4 is 4.74 Å². The lowest BCUT2D eigenvalue weighted by atomic mass is 10.1. The zero-order chi connectivity index (χ0) is 15.4. The molecule has 0 aliphatic heterocycles. The zero-order valence-corrected chi connectivity index (χ0v) is 13.3. The molecular formula is C16H15ClO3S. The minimum absolute atomic E-state index is 0.347. The number of rotatable bonds is 5. The number of aromatic carboxylic acids is 1. The van der Waals surface area contributed by atoms with Crippen LogP contribution in [0.2, 0.25) is 5.02 Å². The maximum Gasteiger partial charge on any atom is 0.335 e. The number of methoxy groups -OCH3 is 1. The van der Waals surface area contributed by atoms with Gasteiger partial charge in [-0.05, 0) is 48.4 Å². The molecule has 0 atom stereocenters. The SMILES string of the molecule is CCc1cc(Sc2cc(Cl)ccc2OC)ccc1C(=O)O. The van der Waals surface area contributed by atoms with Crippen LogP contribution in [-0.4, -0.2) is 18.2 Å². The normalized spacial score (nSPS) is 10.4. The highest BCUT2D eigenvalue weighted by Crippen LogP contribution is 2.37. The molecule has 0 radical (unpaired) electrons. The molecule has 0 amide bonds. The van der Waals surface area contributed by atoms with Gasteiger partial charge in [0.15, 0.2) is 0 Å². The van der Waals surface area contributed by atoms with Gasteiger partial charge in [-0.1, -0.05) is 30.3 Å². The third kappa shape index (κ3) is 3.71. The topological polar surface area (TPSA) is 46.5 Å². The number of carboxylic acids is 1. The standard InChI is InChI=1S/C16H15ClO3S/c1-3-10-8-12(5-6-13(10)16(18)19)21-15-9-11(17)4-7-14(15)20-2/h4-9H,3H2,1-2H3,(H,18,19). The first-order valence-electron chi connectivity index (χ1n) is 6.42. The Bertz CT molecular complexity index is 671. The molecule has 2 aromatic rings. The lowest BCUT2D eigenvalue weighted by molar-refractivity contribution is 0.0695. The Morgan fingerprint density at radius 2 is 2.05 bits per heavy atom. The highest BCUT2D eigenvalue weighted by Gasteiger charge is 2.11. The molecule has 110 valence electrons. The average Bonchev–Trinajstić information content (AvgIpc) is 2.47. The van der Waals surface area contributed by atoms with Crippen molar-refractivity contribution in [2.45, 2.75) is 23.1 Å². The number of aryl methyl sites for hydroxylation is 1. The van der Waals surface area contributed by atoms with E-state index < -0.39 is 5.97 Å². The summed E-state index contributed by atoms with van der Waals surface area (Å²) >= 11 is 7.52. The summed E-state index contributed by atoms with van der Waals surface area (Å²) in [6, 6.07) is 10.8. The van der Waals surface area contributed by atoms with Gasteiger partial charge in [0, 0.05) is 9.92 Å². The minimum atomic E-state index is -0.899. The van der Waals surface area contributed by atoms with E-state index in [0.29, 0.717) is 17.0 Å². The smallest absolute Gasteiger partial charge is 0.335 e. The summed E-state index contributed by atoms with van der Waals surface area (Å²) in [4.78, 5) is 13.0. The summed E-state index contributed by atoms with van der Waals surface area (Å²) in [6.07, 6.45) is 0.669. The van der Waals surface area contributed by atoms with Crippen LogP contribution in [0.25, 0.3) is 0 Å². The Morgan fingerprint density at radius 1 is 1.29 bits per heavy atom. The first-order valence-corrected chi connectivity index (χ1v) is 7.62. The molecule has 0 bridgehead atoms. The maximum absolute atomic E-state index is 11.2. The molecule has 5 heteroatoms. The van der Waals surface area contributed by atoms with Crippen LogP contribution in [0.15, 0.2) is 46.2 Å². The van der Waals surface area contributed by atoms with Gasteiger partial charge >= 0.3 is 5.97 Å². The molecule has 0 unspecified atom stereocenters. The summed E-state index contributed by atoms with van der Waals surface area (Å²) in [5, 5.41) is 9.79. The first-order chi connectivity index (χ1) is 10.0. The fourth-order valence-corrected chi connectivity index (χ4v) is 3.26. The van der Waals surface area contributed by atoms with E-state index in [4.69, 9.17) is 21.4 Å². The van der Waals surface area contributed by atoms with Gasteiger partial charge < -0.3 is 9.84 Å². The summed E-state index contributed by atoms with van der Waals surface area (Å²) in [7, 11) is 1.61. The van der Waals surface area contributed by atoms with Crippen LogP contribution in [0.5, 0.6) is 5.75 Å². The van der Waals surface area contributed by atoms with Crippen LogP contribution in [0.4, 0.5) is 0 Å². The van der Waals surface area contributed by atoms with Crippen molar-refractivity contribution in [3.63, 3.8) is 0 Å². The second-order valence-corrected chi connectivity index (χ2v) is 5.93. The van der Waals surface area contributed by atoms with Gasteiger partial charge in [0.25, 0.3) is 0 Å². The van der Waals surface area contributed by atoms with Gasteiger partial charge in [-0.15, -0.1) is 0 Å². The van der Waals surface area contributed by atoms with E-state index in [2.05, 4.69) is 0 Å². The maximum atomic E-state index is 11.2. The number of ether oxygens (including phenoxy) is 1. The zero-order valence-electron chi connectivity index (χ0n) is 11.7. The first kappa shape index (κ1) is 15.7. The van der Waals surface area contributed by atoms with Gasteiger partial charge in [0.05, 0.1) is 17.6 Å². The molecule has 0 heterocycles. The van der Waals surface area contributed by atoms with Gasteiger partial charge in [0.1, 0.15) is 5.75 Å². The van der Waals surface area contributed by atoms with E-state index in [-0.39, 0.29) is 0 Å². The van der Waals surface area contributed by atoms with Crippen molar-refractivity contribution in [3.8, 4) is 5.75 Å². The average molecular weight is 323 g/mol. The second kappa shape index (κ2) is 6.87. The van der Waals surface area contributed by atoms with Crippen LogP contribution in [0.1, 0.15) is 22.8 Å². The van der Waals surface area contributed by atoms with Gasteiger partial charge in [-0.25, -0.2) is 4.79 Å². The highest BCUT2D eigenvalue weighted by molar-refractivity contribution is 7.99. The number of hydrogen-bond acceptors (Lipinski definition) is 3. The van der Waals surface area contributed by atoms with Gasteiger partial charge in [0.2, 0.25) is 0 Å². The van der Waals surface area contributed by atoms with E-state index in [1.54, 1.807) is 25.3 Å². The van der Waals surface area contributed by atoms with Crippen molar-refractivity contribution in [1.82, 2.24) is 0 Å². The van der Waals surface area contributed by atoms with Crippen LogP contribution in [-0.2, 0) is 6.42 Å². The van der Waals surface area contributed by atoms with Crippen molar-refractivity contribution in [2.24, 2.45) is 0 Å². The number of carboxylic acid groups (broad SMARTS) is 1. The van der Waals surface area contributed by atoms with Crippen LogP contribution in [0.3, 0.4) is 0 Å². The Kier molecular flexibility index (Phi) is 5.15. The Hall–Kier alpha value is -1.65. The molecule has 0 aliphatic carbocycles. The molecule has 0 saturated heterocycles. The van der Waals surface area contributed by atoms with Gasteiger partial charge in [-0.2, -0.15) is 0 Å². The molecule has 2 rings (SSSR count). The van der Waals surface area contributed by atoms with E-state index in [1.807, 2.05) is 25.1 Å². The summed E-state index contributed by atoms with van der Waals surface area (Å²) < 4.78 is 5.32.